The van der Waals surface area contributed by atoms with Gasteiger partial charge >= 0.3 is 0 Å². The highest BCUT2D eigenvalue weighted by molar-refractivity contribution is 6.01. The monoisotopic (exact) mass is 291 g/mol. The highest BCUT2D eigenvalue weighted by Crippen LogP contribution is 2.28. The molecule has 1 saturated carbocycles. The van der Waals surface area contributed by atoms with E-state index in [1.54, 1.807) is 18.0 Å². The molecule has 0 unspecified atom stereocenters. The van der Waals surface area contributed by atoms with Crippen LogP contribution in [-0.2, 0) is 0 Å². The third-order valence-electron chi connectivity index (χ3n) is 4.20. The lowest BCUT2D eigenvalue weighted by Gasteiger charge is -2.27. The molecule has 0 atom stereocenters. The molecule has 1 aromatic carbocycles. The summed E-state index contributed by atoms with van der Waals surface area (Å²) >= 11 is 0. The minimum Gasteiger partial charge on any atom is -0.393 e. The third-order valence-corrected chi connectivity index (χ3v) is 4.20. The summed E-state index contributed by atoms with van der Waals surface area (Å²) in [6.07, 6.45) is 6.61. The van der Waals surface area contributed by atoms with Crippen molar-refractivity contribution in [3.05, 3.63) is 33.9 Å². The first-order valence-corrected chi connectivity index (χ1v) is 7.32. The van der Waals surface area contributed by atoms with E-state index in [4.69, 9.17) is 5.73 Å². The Balaban J connectivity index is 2.22. The van der Waals surface area contributed by atoms with Gasteiger partial charge in [-0.25, -0.2) is 0 Å². The first kappa shape index (κ1) is 15.3. The molecule has 1 aromatic rings. The second-order valence-electron chi connectivity index (χ2n) is 5.56. The first-order chi connectivity index (χ1) is 10.0. The van der Waals surface area contributed by atoms with Gasteiger partial charge in [-0.2, -0.15) is 0 Å². The highest BCUT2D eigenvalue weighted by Gasteiger charge is 2.26. The zero-order valence-electron chi connectivity index (χ0n) is 12.2. The van der Waals surface area contributed by atoms with E-state index < -0.39 is 4.92 Å². The third kappa shape index (κ3) is 3.32. The number of rotatable bonds is 3. The number of nitro benzene ring substituents is 1. The summed E-state index contributed by atoms with van der Waals surface area (Å²) in [7, 11) is 1.76. The molecule has 0 heterocycles. The van der Waals surface area contributed by atoms with Crippen LogP contribution in [0.4, 0.5) is 11.4 Å². The fourth-order valence-electron chi connectivity index (χ4n) is 2.90. The molecule has 0 bridgehead atoms. The Morgan fingerprint density at radius 3 is 2.48 bits per heavy atom. The molecule has 1 aliphatic carbocycles. The zero-order chi connectivity index (χ0) is 15.4. The molecule has 0 radical (unpaired) electrons. The number of carbonyl (C=O) groups is 1. The lowest BCUT2D eigenvalue weighted by Crippen LogP contribution is -2.37. The van der Waals surface area contributed by atoms with Gasteiger partial charge in [0.15, 0.2) is 0 Å². The van der Waals surface area contributed by atoms with E-state index in [2.05, 4.69) is 0 Å². The van der Waals surface area contributed by atoms with Crippen LogP contribution in [0.25, 0.3) is 0 Å². The Morgan fingerprint density at radius 2 is 1.90 bits per heavy atom. The van der Waals surface area contributed by atoms with Crippen LogP contribution in [0.2, 0.25) is 0 Å². The molecule has 0 aliphatic heterocycles. The molecule has 6 heteroatoms. The van der Waals surface area contributed by atoms with Gasteiger partial charge < -0.3 is 10.6 Å². The topological polar surface area (TPSA) is 89.5 Å². The van der Waals surface area contributed by atoms with Crippen LogP contribution in [0.15, 0.2) is 18.2 Å². The Labute approximate surface area is 124 Å². The lowest BCUT2D eigenvalue weighted by molar-refractivity contribution is -0.383. The molecule has 21 heavy (non-hydrogen) atoms. The molecule has 2 rings (SSSR count). The van der Waals surface area contributed by atoms with E-state index in [1.165, 1.54) is 25.0 Å². The molecule has 2 N–H and O–H groups in total. The molecule has 0 aromatic heterocycles. The van der Waals surface area contributed by atoms with Gasteiger partial charge in [-0.15, -0.1) is 0 Å². The van der Waals surface area contributed by atoms with Crippen molar-refractivity contribution >= 4 is 17.3 Å². The predicted molar refractivity (Wildman–Crippen MR) is 81.1 cm³/mol. The van der Waals surface area contributed by atoms with Crippen LogP contribution in [0, 0.1) is 10.1 Å². The standard InChI is InChI=1S/C15H21N3O3/c1-17(11-7-4-2-3-5-8-11)15(19)12-9-6-10-13(14(12)16)18(20)21/h6,9-11H,2-5,7-8,16H2,1H3. The SMILES string of the molecule is CN(C(=O)c1cccc([N+](=O)[O-])c1N)C1CCCCCC1. The second-order valence-corrected chi connectivity index (χ2v) is 5.56. The fraction of sp³-hybridized carbons (Fsp3) is 0.533. The molecule has 1 fully saturated rings. The van der Waals surface area contributed by atoms with E-state index >= 15 is 0 Å². The van der Waals surface area contributed by atoms with Crippen LogP contribution < -0.4 is 5.73 Å². The number of benzene rings is 1. The van der Waals surface area contributed by atoms with Gasteiger partial charge in [0.2, 0.25) is 0 Å². The number of anilines is 1. The average Bonchev–Trinajstić information content (AvgIpc) is 2.74. The van der Waals surface area contributed by atoms with E-state index in [-0.39, 0.29) is 28.9 Å². The Hall–Kier alpha value is -2.11. The van der Waals surface area contributed by atoms with Gasteiger partial charge in [0.25, 0.3) is 11.6 Å². The smallest absolute Gasteiger partial charge is 0.292 e. The van der Waals surface area contributed by atoms with E-state index in [9.17, 15) is 14.9 Å². The van der Waals surface area contributed by atoms with Gasteiger partial charge in [0, 0.05) is 19.2 Å². The second kappa shape index (κ2) is 6.56. The summed E-state index contributed by atoms with van der Waals surface area (Å²) in [5.74, 6) is -0.233. The molecule has 1 amide bonds. The maximum Gasteiger partial charge on any atom is 0.292 e. The maximum atomic E-state index is 12.6. The number of nitro groups is 1. The van der Waals surface area contributed by atoms with Gasteiger partial charge in [-0.3, -0.25) is 14.9 Å². The summed E-state index contributed by atoms with van der Waals surface area (Å²) in [6.45, 7) is 0. The number of nitrogen functional groups attached to an aromatic ring is 1. The van der Waals surface area contributed by atoms with E-state index in [1.807, 2.05) is 0 Å². The van der Waals surface area contributed by atoms with Crippen molar-refractivity contribution in [2.24, 2.45) is 0 Å². The number of hydrogen-bond acceptors (Lipinski definition) is 4. The average molecular weight is 291 g/mol. The maximum absolute atomic E-state index is 12.6. The molecule has 0 spiro atoms. The van der Waals surface area contributed by atoms with E-state index in [0.717, 1.165) is 25.7 Å². The van der Waals surface area contributed by atoms with E-state index in [0.29, 0.717) is 0 Å². The summed E-state index contributed by atoms with van der Waals surface area (Å²) in [5, 5.41) is 10.9. The van der Waals surface area contributed by atoms with Crippen LogP contribution in [0.3, 0.4) is 0 Å². The number of amides is 1. The molecule has 114 valence electrons. The zero-order valence-corrected chi connectivity index (χ0v) is 12.2. The first-order valence-electron chi connectivity index (χ1n) is 7.32. The lowest BCUT2D eigenvalue weighted by atomic mass is 10.1. The number of carbonyl (C=O) groups excluding carboxylic acids is 1. The van der Waals surface area contributed by atoms with Gasteiger partial charge in [-0.05, 0) is 18.9 Å². The van der Waals surface area contributed by atoms with Crippen molar-refractivity contribution in [2.75, 3.05) is 12.8 Å². The Kier molecular flexibility index (Phi) is 4.77. The molecule has 6 nitrogen and oxygen atoms in total. The Morgan fingerprint density at radius 1 is 1.29 bits per heavy atom. The van der Waals surface area contributed by atoms with Crippen LogP contribution in [0.1, 0.15) is 48.9 Å². The molecule has 1 aliphatic rings. The minimum atomic E-state index is -0.558. The van der Waals surface area contributed by atoms with Crippen molar-refractivity contribution < 1.29 is 9.72 Å². The quantitative estimate of drug-likeness (QED) is 0.401. The van der Waals surface area contributed by atoms with Crippen LogP contribution in [-0.4, -0.2) is 28.8 Å². The summed E-state index contributed by atoms with van der Waals surface area (Å²) in [6, 6.07) is 4.57. The van der Waals surface area contributed by atoms with Crippen molar-refractivity contribution in [3.63, 3.8) is 0 Å². The number of hydrogen-bond donors (Lipinski definition) is 1. The number of para-hydroxylation sites is 1. The van der Waals surface area contributed by atoms with Crippen molar-refractivity contribution in [3.8, 4) is 0 Å². The van der Waals surface area contributed by atoms with Crippen molar-refractivity contribution in [1.82, 2.24) is 4.90 Å². The van der Waals surface area contributed by atoms with Crippen molar-refractivity contribution in [2.45, 2.75) is 44.6 Å². The number of nitrogens with zero attached hydrogens (tertiary/aromatic N) is 2. The Bertz CT molecular complexity index is 537. The predicted octanol–water partition coefficient (Wildman–Crippen LogP) is 2.97. The van der Waals surface area contributed by atoms with Crippen molar-refractivity contribution in [1.29, 1.82) is 0 Å². The van der Waals surface area contributed by atoms with Crippen LogP contribution in [0.5, 0.6) is 0 Å². The number of nitrogens with two attached hydrogens (primary N) is 1. The molecule has 0 saturated heterocycles. The molecular weight excluding hydrogens is 270 g/mol. The minimum absolute atomic E-state index is 0.0482. The van der Waals surface area contributed by atoms with Gasteiger partial charge in [0.1, 0.15) is 5.69 Å². The largest absolute Gasteiger partial charge is 0.393 e. The molecular formula is C15H21N3O3. The fourth-order valence-corrected chi connectivity index (χ4v) is 2.90. The normalized spacial score (nSPS) is 16.2. The summed E-state index contributed by atoms with van der Waals surface area (Å²) in [5.41, 5.74) is 5.75. The summed E-state index contributed by atoms with van der Waals surface area (Å²) in [4.78, 5) is 24.6. The van der Waals surface area contributed by atoms with Gasteiger partial charge in [-0.1, -0.05) is 31.7 Å². The summed E-state index contributed by atoms with van der Waals surface area (Å²) < 4.78 is 0. The van der Waals surface area contributed by atoms with Gasteiger partial charge in [0.05, 0.1) is 10.5 Å². The highest BCUT2D eigenvalue weighted by atomic mass is 16.6. The van der Waals surface area contributed by atoms with Crippen LogP contribution >= 0.6 is 0 Å².